The van der Waals surface area contributed by atoms with Gasteiger partial charge in [0.1, 0.15) is 5.66 Å². The highest BCUT2D eigenvalue weighted by atomic mass is 35.5. The number of nitrogens with one attached hydrogen (secondary N) is 2. The van der Waals surface area contributed by atoms with E-state index in [2.05, 4.69) is 22.5 Å². The van der Waals surface area contributed by atoms with Crippen LogP contribution in [0, 0.1) is 0 Å². The molecule has 3 rings (SSSR count). The highest BCUT2D eigenvalue weighted by molar-refractivity contribution is 6.34. The second-order valence-electron chi connectivity index (χ2n) is 6.02. The third kappa shape index (κ3) is 2.87. The Morgan fingerprint density at radius 1 is 1.29 bits per heavy atom. The average molecular weight is 308 g/mol. The van der Waals surface area contributed by atoms with Crippen LogP contribution in [-0.4, -0.2) is 36.1 Å². The molecule has 1 saturated heterocycles. The molecule has 1 aromatic rings. The van der Waals surface area contributed by atoms with E-state index in [1.165, 1.54) is 12.8 Å². The zero-order valence-corrected chi connectivity index (χ0v) is 13.2. The van der Waals surface area contributed by atoms with Gasteiger partial charge in [-0.25, -0.2) is 0 Å². The normalized spacial score (nSPS) is 20.8. The van der Waals surface area contributed by atoms with Gasteiger partial charge in [-0.2, -0.15) is 0 Å². The average Bonchev–Trinajstić information content (AvgIpc) is 2.46. The first-order valence-electron chi connectivity index (χ1n) is 7.75. The van der Waals surface area contributed by atoms with Crippen LogP contribution >= 0.6 is 11.6 Å². The first kappa shape index (κ1) is 14.7. The third-order valence-electron chi connectivity index (χ3n) is 4.50. The van der Waals surface area contributed by atoms with Gasteiger partial charge in [-0.1, -0.05) is 31.0 Å². The van der Waals surface area contributed by atoms with Crippen LogP contribution in [0.2, 0.25) is 5.02 Å². The maximum atomic E-state index is 12.4. The summed E-state index contributed by atoms with van der Waals surface area (Å²) in [5.41, 5.74) is 1.11. The molecule has 1 aromatic carbocycles. The lowest BCUT2D eigenvalue weighted by Crippen LogP contribution is -2.62. The molecule has 0 radical (unpaired) electrons. The van der Waals surface area contributed by atoms with E-state index in [1.807, 2.05) is 12.1 Å². The van der Waals surface area contributed by atoms with Crippen LogP contribution in [0.3, 0.4) is 0 Å². The summed E-state index contributed by atoms with van der Waals surface area (Å²) in [7, 11) is 0. The monoisotopic (exact) mass is 307 g/mol. The number of nitrogens with zero attached hydrogens (tertiary/aromatic N) is 1. The first-order valence-corrected chi connectivity index (χ1v) is 8.13. The van der Waals surface area contributed by atoms with Crippen molar-refractivity contribution in [1.29, 1.82) is 0 Å². The van der Waals surface area contributed by atoms with E-state index >= 15 is 0 Å². The molecule has 2 N–H and O–H groups in total. The van der Waals surface area contributed by atoms with Gasteiger partial charge in [0, 0.05) is 25.9 Å². The van der Waals surface area contributed by atoms with Gasteiger partial charge in [0.25, 0.3) is 5.91 Å². The van der Waals surface area contributed by atoms with Crippen molar-refractivity contribution in [3.63, 3.8) is 0 Å². The molecule has 2 aliphatic rings. The standard InChI is InChI=1S/C16H22ClN3O/c1-2-3-9-20-10-7-16(8-11-20)18-13-6-4-5-12(17)14(13)15(21)19-16/h4-6,18H,2-3,7-11H2,1H3,(H,19,21). The summed E-state index contributed by atoms with van der Waals surface area (Å²) < 4.78 is 0. The smallest absolute Gasteiger partial charge is 0.256 e. The predicted molar refractivity (Wildman–Crippen MR) is 85.9 cm³/mol. The minimum atomic E-state index is -0.308. The summed E-state index contributed by atoms with van der Waals surface area (Å²) in [5, 5.41) is 7.17. The number of fused-ring (bicyclic) bond motifs is 1. The van der Waals surface area contributed by atoms with Gasteiger partial charge in [0.2, 0.25) is 0 Å². The lowest BCUT2D eigenvalue weighted by Gasteiger charge is -2.46. The fourth-order valence-corrected chi connectivity index (χ4v) is 3.48. The summed E-state index contributed by atoms with van der Waals surface area (Å²) in [5.74, 6) is -0.0589. The molecule has 1 amide bonds. The van der Waals surface area contributed by atoms with Crippen molar-refractivity contribution in [3.05, 3.63) is 28.8 Å². The second kappa shape index (κ2) is 5.85. The fourth-order valence-electron chi connectivity index (χ4n) is 3.22. The highest BCUT2D eigenvalue weighted by Crippen LogP contribution is 2.34. The maximum Gasteiger partial charge on any atom is 0.256 e. The number of benzene rings is 1. The Labute approximate surface area is 130 Å². The Morgan fingerprint density at radius 2 is 2.05 bits per heavy atom. The quantitative estimate of drug-likeness (QED) is 0.902. The molecule has 0 atom stereocenters. The van der Waals surface area contributed by atoms with Gasteiger partial charge in [-0.3, -0.25) is 4.79 Å². The number of halogens is 1. The Balaban J connectivity index is 1.73. The van der Waals surface area contributed by atoms with Gasteiger partial charge in [-0.15, -0.1) is 0 Å². The molecule has 0 bridgehead atoms. The number of carbonyl (C=O) groups is 1. The largest absolute Gasteiger partial charge is 0.362 e. The molecule has 1 spiro atoms. The summed E-state index contributed by atoms with van der Waals surface area (Å²) in [6.07, 6.45) is 4.32. The summed E-state index contributed by atoms with van der Waals surface area (Å²) in [6.45, 7) is 5.41. The molecule has 0 aromatic heterocycles. The Bertz CT molecular complexity index is 538. The van der Waals surface area contributed by atoms with E-state index in [9.17, 15) is 4.79 Å². The molecule has 1 fully saturated rings. The van der Waals surface area contributed by atoms with Crippen LogP contribution in [0.15, 0.2) is 18.2 Å². The lowest BCUT2D eigenvalue weighted by molar-refractivity contribution is 0.0828. The zero-order valence-electron chi connectivity index (χ0n) is 12.4. The molecular formula is C16H22ClN3O. The number of rotatable bonds is 3. The number of piperidine rings is 1. The molecule has 4 nitrogen and oxygen atoms in total. The molecule has 5 heteroatoms. The minimum Gasteiger partial charge on any atom is -0.362 e. The van der Waals surface area contributed by atoms with Crippen LogP contribution in [0.5, 0.6) is 0 Å². The van der Waals surface area contributed by atoms with E-state index < -0.39 is 0 Å². The van der Waals surface area contributed by atoms with Crippen LogP contribution < -0.4 is 10.6 Å². The second-order valence-corrected chi connectivity index (χ2v) is 6.43. The molecule has 2 aliphatic heterocycles. The molecule has 114 valence electrons. The van der Waals surface area contributed by atoms with Gasteiger partial charge in [0.05, 0.1) is 16.3 Å². The molecule has 0 aliphatic carbocycles. The molecule has 21 heavy (non-hydrogen) atoms. The number of likely N-dealkylation sites (tertiary alicyclic amines) is 1. The van der Waals surface area contributed by atoms with E-state index in [-0.39, 0.29) is 11.6 Å². The Hall–Kier alpha value is -1.26. The third-order valence-corrected chi connectivity index (χ3v) is 4.82. The van der Waals surface area contributed by atoms with E-state index in [4.69, 9.17) is 11.6 Å². The summed E-state index contributed by atoms with van der Waals surface area (Å²) >= 11 is 6.14. The predicted octanol–water partition coefficient (Wildman–Crippen LogP) is 3.09. The van der Waals surface area contributed by atoms with Crippen molar-refractivity contribution in [2.45, 2.75) is 38.3 Å². The molecule has 0 saturated carbocycles. The van der Waals surface area contributed by atoms with Crippen molar-refractivity contribution < 1.29 is 4.79 Å². The molecule has 0 unspecified atom stereocenters. The van der Waals surface area contributed by atoms with E-state index in [1.54, 1.807) is 6.07 Å². The number of anilines is 1. The van der Waals surface area contributed by atoms with Crippen molar-refractivity contribution in [2.24, 2.45) is 0 Å². The van der Waals surface area contributed by atoms with E-state index in [0.29, 0.717) is 10.6 Å². The topological polar surface area (TPSA) is 44.4 Å². The Kier molecular flexibility index (Phi) is 4.09. The summed E-state index contributed by atoms with van der Waals surface area (Å²) in [6, 6.07) is 5.58. The van der Waals surface area contributed by atoms with Gasteiger partial charge >= 0.3 is 0 Å². The Morgan fingerprint density at radius 3 is 2.76 bits per heavy atom. The van der Waals surface area contributed by atoms with Gasteiger partial charge in [0.15, 0.2) is 0 Å². The first-order chi connectivity index (χ1) is 10.1. The van der Waals surface area contributed by atoms with Crippen LogP contribution in [0.4, 0.5) is 5.69 Å². The summed E-state index contributed by atoms with van der Waals surface area (Å²) in [4.78, 5) is 14.9. The maximum absolute atomic E-state index is 12.4. The highest BCUT2D eigenvalue weighted by Gasteiger charge is 2.40. The van der Waals surface area contributed by atoms with Crippen molar-refractivity contribution in [2.75, 3.05) is 25.0 Å². The molecule has 2 heterocycles. The van der Waals surface area contributed by atoms with Crippen molar-refractivity contribution in [3.8, 4) is 0 Å². The lowest BCUT2D eigenvalue weighted by atomic mass is 9.92. The number of unbranched alkanes of at least 4 members (excludes halogenated alkanes) is 1. The van der Waals surface area contributed by atoms with Crippen molar-refractivity contribution in [1.82, 2.24) is 10.2 Å². The minimum absolute atomic E-state index is 0.0589. The van der Waals surface area contributed by atoms with E-state index in [0.717, 1.165) is 38.2 Å². The SMILES string of the molecule is CCCCN1CCC2(CC1)NC(=O)c1c(Cl)cccc1N2. The number of hydrogen-bond donors (Lipinski definition) is 2. The van der Waals surface area contributed by atoms with Gasteiger partial charge in [-0.05, 0) is 25.1 Å². The fraction of sp³-hybridized carbons (Fsp3) is 0.562. The zero-order chi connectivity index (χ0) is 14.9. The number of amides is 1. The van der Waals surface area contributed by atoms with Crippen LogP contribution in [-0.2, 0) is 0 Å². The van der Waals surface area contributed by atoms with Gasteiger partial charge < -0.3 is 15.5 Å². The number of carbonyl (C=O) groups excluding carboxylic acids is 1. The molecular weight excluding hydrogens is 286 g/mol. The van der Waals surface area contributed by atoms with Crippen LogP contribution in [0.25, 0.3) is 0 Å². The van der Waals surface area contributed by atoms with Crippen LogP contribution in [0.1, 0.15) is 43.0 Å². The van der Waals surface area contributed by atoms with Crippen molar-refractivity contribution >= 4 is 23.2 Å². The number of hydrogen-bond acceptors (Lipinski definition) is 3.